The maximum atomic E-state index is 13.2. The van der Waals surface area contributed by atoms with Crippen molar-refractivity contribution in [3.05, 3.63) is 35.4 Å². The number of rotatable bonds is 3. The molecule has 0 aliphatic heterocycles. The van der Waals surface area contributed by atoms with Crippen LogP contribution < -0.4 is 0 Å². The molecule has 1 fully saturated rings. The van der Waals surface area contributed by atoms with Crippen LogP contribution in [-0.4, -0.2) is 6.10 Å². The number of hydrogen-bond donors (Lipinski definition) is 0. The minimum Gasteiger partial charge on any atom is -0.373 e. The van der Waals surface area contributed by atoms with Gasteiger partial charge in [0.2, 0.25) is 0 Å². The van der Waals surface area contributed by atoms with Crippen molar-refractivity contribution < 1.29 is 13.5 Å². The summed E-state index contributed by atoms with van der Waals surface area (Å²) < 4.78 is 31.6. The number of hydrogen-bond acceptors (Lipinski definition) is 1. The molecule has 3 heteroatoms. The fraction of sp³-hybridized carbons (Fsp3) is 0.500. The highest BCUT2D eigenvalue weighted by molar-refractivity contribution is 5.18. The van der Waals surface area contributed by atoms with E-state index in [-0.39, 0.29) is 12.7 Å². The zero-order valence-corrected chi connectivity index (χ0v) is 8.51. The summed E-state index contributed by atoms with van der Waals surface area (Å²) in [6.07, 6.45) is 4.66. The van der Waals surface area contributed by atoms with Gasteiger partial charge < -0.3 is 4.74 Å². The molecule has 1 aromatic rings. The average Bonchev–Trinajstić information content (AvgIpc) is 2.73. The maximum absolute atomic E-state index is 13.2. The lowest BCUT2D eigenvalue weighted by Crippen LogP contribution is -2.08. The van der Waals surface area contributed by atoms with Gasteiger partial charge in [-0.25, -0.2) is 8.78 Å². The van der Waals surface area contributed by atoms with E-state index in [9.17, 15) is 8.78 Å². The topological polar surface area (TPSA) is 9.23 Å². The quantitative estimate of drug-likeness (QED) is 0.745. The number of halogens is 2. The highest BCUT2D eigenvalue weighted by Crippen LogP contribution is 2.22. The molecule has 0 saturated heterocycles. The molecule has 1 aliphatic rings. The lowest BCUT2D eigenvalue weighted by Gasteiger charge is -2.11. The van der Waals surface area contributed by atoms with Gasteiger partial charge in [0, 0.05) is 5.56 Å². The smallest absolute Gasteiger partial charge is 0.164 e. The van der Waals surface area contributed by atoms with Crippen molar-refractivity contribution in [1.82, 2.24) is 0 Å². The van der Waals surface area contributed by atoms with Gasteiger partial charge >= 0.3 is 0 Å². The van der Waals surface area contributed by atoms with Crippen molar-refractivity contribution >= 4 is 0 Å². The Morgan fingerprint density at radius 2 is 1.93 bits per heavy atom. The molecule has 0 amide bonds. The molecule has 82 valence electrons. The molecule has 1 aliphatic carbocycles. The Hall–Kier alpha value is -0.960. The van der Waals surface area contributed by atoms with Gasteiger partial charge in [-0.3, -0.25) is 0 Å². The van der Waals surface area contributed by atoms with E-state index in [4.69, 9.17) is 4.74 Å². The summed E-state index contributed by atoms with van der Waals surface area (Å²) in [6, 6.07) is 4.19. The van der Waals surface area contributed by atoms with Crippen LogP contribution in [0, 0.1) is 11.6 Å². The molecule has 0 radical (unpaired) electrons. The Kier molecular flexibility index (Phi) is 3.31. The van der Waals surface area contributed by atoms with Crippen molar-refractivity contribution in [3.63, 3.8) is 0 Å². The molecular weight excluding hydrogens is 198 g/mol. The van der Waals surface area contributed by atoms with Crippen molar-refractivity contribution in [1.29, 1.82) is 0 Å². The Bertz CT molecular complexity index is 332. The molecule has 0 N–H and O–H groups in total. The molecule has 2 rings (SSSR count). The van der Waals surface area contributed by atoms with Crippen LogP contribution in [0.2, 0.25) is 0 Å². The third kappa shape index (κ3) is 2.53. The second kappa shape index (κ2) is 4.71. The molecule has 0 heterocycles. The Labute approximate surface area is 88.1 Å². The van der Waals surface area contributed by atoms with E-state index in [0.717, 1.165) is 18.9 Å². The Balaban J connectivity index is 1.95. The van der Waals surface area contributed by atoms with Crippen LogP contribution in [0.1, 0.15) is 31.2 Å². The molecule has 0 bridgehead atoms. The summed E-state index contributed by atoms with van der Waals surface area (Å²) in [5, 5.41) is 0. The predicted octanol–water partition coefficient (Wildman–Crippen LogP) is 3.42. The third-order valence-corrected chi connectivity index (χ3v) is 2.81. The van der Waals surface area contributed by atoms with Gasteiger partial charge in [-0.15, -0.1) is 0 Å². The van der Waals surface area contributed by atoms with E-state index >= 15 is 0 Å². The average molecular weight is 212 g/mol. The van der Waals surface area contributed by atoms with Gasteiger partial charge in [0.05, 0.1) is 12.7 Å². The predicted molar refractivity (Wildman–Crippen MR) is 53.4 cm³/mol. The summed E-state index contributed by atoms with van der Waals surface area (Å²) in [5.74, 6) is -1.59. The molecule has 15 heavy (non-hydrogen) atoms. The monoisotopic (exact) mass is 212 g/mol. The van der Waals surface area contributed by atoms with Crippen LogP contribution >= 0.6 is 0 Å². The van der Waals surface area contributed by atoms with Crippen LogP contribution in [-0.2, 0) is 11.3 Å². The van der Waals surface area contributed by atoms with Gasteiger partial charge in [-0.05, 0) is 18.9 Å². The van der Waals surface area contributed by atoms with E-state index in [0.29, 0.717) is 5.56 Å². The van der Waals surface area contributed by atoms with E-state index < -0.39 is 11.6 Å². The lowest BCUT2D eigenvalue weighted by atomic mass is 10.2. The third-order valence-electron chi connectivity index (χ3n) is 2.81. The second-order valence-electron chi connectivity index (χ2n) is 3.93. The van der Waals surface area contributed by atoms with Gasteiger partial charge in [0.1, 0.15) is 0 Å². The number of benzene rings is 1. The molecule has 0 aromatic heterocycles. The van der Waals surface area contributed by atoms with Crippen LogP contribution in [0.25, 0.3) is 0 Å². The normalized spacial score (nSPS) is 17.2. The first-order valence-electron chi connectivity index (χ1n) is 5.32. The summed E-state index contributed by atoms with van der Waals surface area (Å²) in [4.78, 5) is 0. The van der Waals surface area contributed by atoms with Gasteiger partial charge in [0.15, 0.2) is 11.6 Å². The van der Waals surface area contributed by atoms with Crippen molar-refractivity contribution in [2.45, 2.75) is 38.4 Å². The summed E-state index contributed by atoms with van der Waals surface area (Å²) >= 11 is 0. The van der Waals surface area contributed by atoms with Crippen LogP contribution in [0.4, 0.5) is 8.78 Å². The Morgan fingerprint density at radius 3 is 2.67 bits per heavy atom. The van der Waals surface area contributed by atoms with Crippen molar-refractivity contribution in [2.24, 2.45) is 0 Å². The Morgan fingerprint density at radius 1 is 1.20 bits per heavy atom. The molecule has 0 spiro atoms. The zero-order chi connectivity index (χ0) is 10.7. The van der Waals surface area contributed by atoms with Crippen molar-refractivity contribution in [3.8, 4) is 0 Å². The minimum atomic E-state index is -0.803. The maximum Gasteiger partial charge on any atom is 0.164 e. The fourth-order valence-electron chi connectivity index (χ4n) is 1.92. The van der Waals surface area contributed by atoms with E-state index in [1.165, 1.54) is 18.9 Å². The largest absolute Gasteiger partial charge is 0.373 e. The first-order chi connectivity index (χ1) is 7.27. The lowest BCUT2D eigenvalue weighted by molar-refractivity contribution is 0.0438. The second-order valence-corrected chi connectivity index (χ2v) is 3.93. The highest BCUT2D eigenvalue weighted by atomic mass is 19.2. The van der Waals surface area contributed by atoms with E-state index in [2.05, 4.69) is 0 Å². The van der Waals surface area contributed by atoms with Crippen LogP contribution in [0.3, 0.4) is 0 Å². The minimum absolute atomic E-state index is 0.175. The molecule has 1 saturated carbocycles. The van der Waals surface area contributed by atoms with Crippen LogP contribution in [0.5, 0.6) is 0 Å². The summed E-state index contributed by atoms with van der Waals surface area (Å²) in [7, 11) is 0. The zero-order valence-electron chi connectivity index (χ0n) is 8.51. The van der Waals surface area contributed by atoms with Crippen LogP contribution in [0.15, 0.2) is 18.2 Å². The van der Waals surface area contributed by atoms with E-state index in [1.807, 2.05) is 0 Å². The van der Waals surface area contributed by atoms with Gasteiger partial charge in [0.25, 0.3) is 0 Å². The molecule has 0 unspecified atom stereocenters. The van der Waals surface area contributed by atoms with Crippen molar-refractivity contribution in [2.75, 3.05) is 0 Å². The molecule has 1 aromatic carbocycles. The standard InChI is InChI=1S/C12H14F2O/c13-11-7-3-4-9(12(11)14)8-15-10-5-1-2-6-10/h3-4,7,10H,1-2,5-6,8H2. The molecular formula is C12H14F2O. The summed E-state index contributed by atoms with van der Waals surface area (Å²) in [6.45, 7) is 0.175. The fourth-order valence-corrected chi connectivity index (χ4v) is 1.92. The summed E-state index contributed by atoms with van der Waals surface area (Å²) in [5.41, 5.74) is 0.307. The van der Waals surface area contributed by atoms with Gasteiger partial charge in [-0.2, -0.15) is 0 Å². The first kappa shape index (κ1) is 10.6. The van der Waals surface area contributed by atoms with Gasteiger partial charge in [-0.1, -0.05) is 25.0 Å². The first-order valence-corrected chi connectivity index (χ1v) is 5.32. The molecule has 1 nitrogen and oxygen atoms in total. The number of ether oxygens (including phenoxy) is 1. The molecule has 0 atom stereocenters. The SMILES string of the molecule is Fc1cccc(COC2CCCC2)c1F. The van der Waals surface area contributed by atoms with E-state index in [1.54, 1.807) is 6.07 Å². The highest BCUT2D eigenvalue weighted by Gasteiger charge is 2.16.